The predicted molar refractivity (Wildman–Crippen MR) is 81.1 cm³/mol. The molecule has 0 radical (unpaired) electrons. The maximum absolute atomic E-state index is 5.42. The molecule has 1 saturated carbocycles. The van der Waals surface area contributed by atoms with Gasteiger partial charge in [0.15, 0.2) is 0 Å². The van der Waals surface area contributed by atoms with Crippen LogP contribution in [0.1, 0.15) is 49.3 Å². The minimum absolute atomic E-state index is 0.678. The molecule has 0 spiro atoms. The van der Waals surface area contributed by atoms with E-state index in [1.54, 1.807) is 7.11 Å². The molecule has 0 aromatic heterocycles. The lowest BCUT2D eigenvalue weighted by Gasteiger charge is -2.24. The molecule has 3 unspecified atom stereocenters. The smallest absolute Gasteiger partial charge is 0.122 e. The molecule has 2 nitrogen and oxygen atoms in total. The number of hydrogen-bond acceptors (Lipinski definition) is 2. The lowest BCUT2D eigenvalue weighted by atomic mass is 9.85. The van der Waals surface area contributed by atoms with Crippen LogP contribution in [-0.2, 0) is 0 Å². The molecule has 1 N–H and O–H groups in total. The monoisotopic (exact) mass is 261 g/mol. The summed E-state index contributed by atoms with van der Waals surface area (Å²) in [5.41, 5.74) is 4.14. The van der Waals surface area contributed by atoms with Gasteiger partial charge in [-0.2, -0.15) is 0 Å². The number of hydrogen-bond donors (Lipinski definition) is 1. The van der Waals surface area contributed by atoms with E-state index in [-0.39, 0.29) is 0 Å². The molecule has 0 aliphatic heterocycles. The lowest BCUT2D eigenvalue weighted by molar-refractivity contribution is 0.405. The fourth-order valence-corrected chi connectivity index (χ4v) is 3.59. The zero-order valence-electron chi connectivity index (χ0n) is 12.9. The molecule has 0 amide bonds. The molecule has 1 fully saturated rings. The number of methoxy groups -OCH3 is 1. The Labute approximate surface area is 117 Å². The number of ether oxygens (including phenoxy) is 1. The molecular formula is C17H27NO. The second kappa shape index (κ2) is 5.96. The van der Waals surface area contributed by atoms with Crippen LogP contribution in [0.2, 0.25) is 0 Å². The van der Waals surface area contributed by atoms with Gasteiger partial charge >= 0.3 is 0 Å². The Balaban J connectivity index is 2.25. The minimum Gasteiger partial charge on any atom is -0.496 e. The highest BCUT2D eigenvalue weighted by Crippen LogP contribution is 2.42. The first-order valence-electron chi connectivity index (χ1n) is 7.47. The van der Waals surface area contributed by atoms with Crippen molar-refractivity contribution >= 4 is 0 Å². The van der Waals surface area contributed by atoms with Gasteiger partial charge in [-0.25, -0.2) is 0 Å². The SMILES string of the molecule is CCNC1CCC(c2cc(C)c(OC)cc2C)C1C. The van der Waals surface area contributed by atoms with Crippen molar-refractivity contribution in [2.75, 3.05) is 13.7 Å². The molecular weight excluding hydrogens is 234 g/mol. The van der Waals surface area contributed by atoms with E-state index in [1.165, 1.54) is 29.5 Å². The van der Waals surface area contributed by atoms with Crippen LogP contribution in [0.4, 0.5) is 0 Å². The Morgan fingerprint density at radius 3 is 2.58 bits per heavy atom. The van der Waals surface area contributed by atoms with Gasteiger partial charge in [0.25, 0.3) is 0 Å². The summed E-state index contributed by atoms with van der Waals surface area (Å²) in [5.74, 6) is 2.41. The van der Waals surface area contributed by atoms with Gasteiger partial charge in [-0.05, 0) is 67.8 Å². The van der Waals surface area contributed by atoms with Gasteiger partial charge in [0.05, 0.1) is 7.11 Å². The van der Waals surface area contributed by atoms with Gasteiger partial charge in [0, 0.05) is 6.04 Å². The second-order valence-corrected chi connectivity index (χ2v) is 5.89. The normalized spacial score (nSPS) is 26.7. The summed E-state index contributed by atoms with van der Waals surface area (Å²) < 4.78 is 5.42. The zero-order chi connectivity index (χ0) is 14.0. The number of rotatable bonds is 4. The van der Waals surface area contributed by atoms with Crippen molar-refractivity contribution in [2.45, 2.75) is 52.5 Å². The summed E-state index contributed by atoms with van der Waals surface area (Å²) in [6.07, 6.45) is 2.59. The van der Waals surface area contributed by atoms with Gasteiger partial charge < -0.3 is 10.1 Å². The molecule has 3 atom stereocenters. The van der Waals surface area contributed by atoms with E-state index in [0.29, 0.717) is 17.9 Å². The summed E-state index contributed by atoms with van der Waals surface area (Å²) in [6, 6.07) is 5.21. The molecule has 1 aromatic rings. The first-order chi connectivity index (χ1) is 9.08. The average molecular weight is 261 g/mol. The Morgan fingerprint density at radius 2 is 1.95 bits per heavy atom. The van der Waals surface area contributed by atoms with Crippen LogP contribution in [0.15, 0.2) is 12.1 Å². The highest BCUT2D eigenvalue weighted by atomic mass is 16.5. The first-order valence-corrected chi connectivity index (χ1v) is 7.47. The third-order valence-electron chi connectivity index (χ3n) is 4.71. The van der Waals surface area contributed by atoms with Crippen molar-refractivity contribution in [1.29, 1.82) is 0 Å². The van der Waals surface area contributed by atoms with Gasteiger partial charge in [-0.3, -0.25) is 0 Å². The third kappa shape index (κ3) is 2.79. The van der Waals surface area contributed by atoms with Crippen molar-refractivity contribution in [3.8, 4) is 5.75 Å². The largest absolute Gasteiger partial charge is 0.496 e. The summed E-state index contributed by atoms with van der Waals surface area (Å²) >= 11 is 0. The Morgan fingerprint density at radius 1 is 1.21 bits per heavy atom. The van der Waals surface area contributed by atoms with Gasteiger partial charge in [0.2, 0.25) is 0 Å². The second-order valence-electron chi connectivity index (χ2n) is 5.89. The molecule has 2 rings (SSSR count). The Bertz CT molecular complexity index is 441. The molecule has 0 saturated heterocycles. The maximum atomic E-state index is 5.42. The summed E-state index contributed by atoms with van der Waals surface area (Å²) in [4.78, 5) is 0. The Hall–Kier alpha value is -1.02. The average Bonchev–Trinajstić information content (AvgIpc) is 2.74. The third-order valence-corrected chi connectivity index (χ3v) is 4.71. The van der Waals surface area contributed by atoms with Crippen molar-refractivity contribution in [3.05, 3.63) is 28.8 Å². The molecule has 19 heavy (non-hydrogen) atoms. The fourth-order valence-electron chi connectivity index (χ4n) is 3.59. The summed E-state index contributed by atoms with van der Waals surface area (Å²) in [5, 5.41) is 3.63. The zero-order valence-corrected chi connectivity index (χ0v) is 12.9. The molecule has 1 aliphatic carbocycles. The number of nitrogens with one attached hydrogen (secondary N) is 1. The first kappa shape index (κ1) is 14.4. The molecule has 1 aliphatic rings. The highest BCUT2D eigenvalue weighted by Gasteiger charge is 2.33. The lowest BCUT2D eigenvalue weighted by Crippen LogP contribution is -2.32. The van der Waals surface area contributed by atoms with Crippen LogP contribution in [0, 0.1) is 19.8 Å². The van der Waals surface area contributed by atoms with E-state index in [0.717, 1.165) is 12.3 Å². The van der Waals surface area contributed by atoms with Gasteiger partial charge in [0.1, 0.15) is 5.75 Å². The quantitative estimate of drug-likeness (QED) is 0.890. The topological polar surface area (TPSA) is 21.3 Å². The van der Waals surface area contributed by atoms with Crippen LogP contribution in [0.3, 0.4) is 0 Å². The number of aryl methyl sites for hydroxylation is 2. The summed E-state index contributed by atoms with van der Waals surface area (Å²) in [6.45, 7) is 10.0. The van der Waals surface area contributed by atoms with Crippen LogP contribution in [0.25, 0.3) is 0 Å². The van der Waals surface area contributed by atoms with E-state index >= 15 is 0 Å². The fraction of sp³-hybridized carbons (Fsp3) is 0.647. The van der Waals surface area contributed by atoms with E-state index in [1.807, 2.05) is 0 Å². The standard InChI is InChI=1S/C17H27NO/c1-6-18-16-8-7-14(13(16)4)15-9-12(3)17(19-5)10-11(15)2/h9-10,13-14,16,18H,6-8H2,1-5H3. The van der Waals surface area contributed by atoms with E-state index in [4.69, 9.17) is 4.74 Å². The van der Waals surface area contributed by atoms with Crippen molar-refractivity contribution < 1.29 is 4.74 Å². The van der Waals surface area contributed by atoms with E-state index in [9.17, 15) is 0 Å². The van der Waals surface area contributed by atoms with E-state index in [2.05, 4.69) is 45.1 Å². The predicted octanol–water partition coefficient (Wildman–Crippen LogP) is 3.80. The molecule has 2 heteroatoms. The molecule has 1 aromatic carbocycles. The minimum atomic E-state index is 0.678. The highest BCUT2D eigenvalue weighted by molar-refractivity contribution is 5.43. The molecule has 106 valence electrons. The van der Waals surface area contributed by atoms with Crippen LogP contribution >= 0.6 is 0 Å². The number of benzene rings is 1. The van der Waals surface area contributed by atoms with Gasteiger partial charge in [-0.15, -0.1) is 0 Å². The van der Waals surface area contributed by atoms with Crippen molar-refractivity contribution in [1.82, 2.24) is 5.32 Å². The van der Waals surface area contributed by atoms with Crippen LogP contribution in [0.5, 0.6) is 5.75 Å². The Kier molecular flexibility index (Phi) is 4.51. The van der Waals surface area contributed by atoms with Gasteiger partial charge in [-0.1, -0.05) is 19.9 Å². The van der Waals surface area contributed by atoms with Crippen LogP contribution in [-0.4, -0.2) is 19.7 Å². The van der Waals surface area contributed by atoms with Crippen molar-refractivity contribution in [2.24, 2.45) is 5.92 Å². The van der Waals surface area contributed by atoms with E-state index < -0.39 is 0 Å². The summed E-state index contributed by atoms with van der Waals surface area (Å²) in [7, 11) is 1.75. The molecule has 0 bridgehead atoms. The van der Waals surface area contributed by atoms with Crippen molar-refractivity contribution in [3.63, 3.8) is 0 Å². The maximum Gasteiger partial charge on any atom is 0.122 e. The molecule has 0 heterocycles. The van der Waals surface area contributed by atoms with Crippen LogP contribution < -0.4 is 10.1 Å².